The number of rotatable bonds is 8. The minimum atomic E-state index is -0.432. The maximum Gasteiger partial charge on any atom is 0.332 e. The summed E-state index contributed by atoms with van der Waals surface area (Å²) in [6, 6.07) is 8.45. The molecule has 1 unspecified atom stereocenters. The Morgan fingerprint density at radius 1 is 1.21 bits per heavy atom. The lowest BCUT2D eigenvalue weighted by atomic mass is 9.95. The van der Waals surface area contributed by atoms with E-state index in [1.807, 2.05) is 6.07 Å². The Labute approximate surface area is 165 Å². The first kappa shape index (κ1) is 21.6. The molecule has 0 N–H and O–H groups in total. The number of Topliss-reactive ketones (excluding diaryl/α,β-unsaturated/α-hetero) is 1. The van der Waals surface area contributed by atoms with E-state index >= 15 is 0 Å². The van der Waals surface area contributed by atoms with E-state index in [1.165, 1.54) is 0 Å². The maximum absolute atomic E-state index is 12.5. The number of carbonyl (C=O) groups is 3. The van der Waals surface area contributed by atoms with Gasteiger partial charge in [0, 0.05) is 31.0 Å². The molecule has 1 amide bonds. The van der Waals surface area contributed by atoms with Gasteiger partial charge in [-0.25, -0.2) is 4.79 Å². The van der Waals surface area contributed by atoms with Crippen LogP contribution in [0.5, 0.6) is 0 Å². The van der Waals surface area contributed by atoms with Crippen LogP contribution in [0.15, 0.2) is 24.3 Å². The Morgan fingerprint density at radius 3 is 2.43 bits per heavy atom. The van der Waals surface area contributed by atoms with Crippen LogP contribution >= 0.6 is 0 Å². The van der Waals surface area contributed by atoms with Gasteiger partial charge < -0.3 is 14.4 Å². The van der Waals surface area contributed by atoms with Crippen LogP contribution in [-0.2, 0) is 19.1 Å². The van der Waals surface area contributed by atoms with Crippen LogP contribution in [0.3, 0.4) is 0 Å². The van der Waals surface area contributed by atoms with Crippen molar-refractivity contribution in [3.8, 4) is 6.07 Å². The highest BCUT2D eigenvalue weighted by Gasteiger charge is 2.26. The first-order valence-electron chi connectivity index (χ1n) is 9.54. The van der Waals surface area contributed by atoms with Crippen LogP contribution in [0.25, 0.3) is 0 Å². The molecule has 1 aliphatic rings. The summed E-state index contributed by atoms with van der Waals surface area (Å²) in [6.07, 6.45) is 1.39. The number of amides is 1. The number of ether oxygens (including phenoxy) is 2. The highest BCUT2D eigenvalue weighted by atomic mass is 16.6. The quantitative estimate of drug-likeness (QED) is 0.502. The Balaban J connectivity index is 1.77. The number of piperidine rings is 1. The van der Waals surface area contributed by atoms with Gasteiger partial charge in [-0.1, -0.05) is 19.1 Å². The van der Waals surface area contributed by atoms with Gasteiger partial charge in [0.25, 0.3) is 0 Å². The number of likely N-dealkylation sites (tertiary alicyclic amines) is 1. The van der Waals surface area contributed by atoms with E-state index in [4.69, 9.17) is 14.7 Å². The topological polar surface area (TPSA) is 96.7 Å². The predicted molar refractivity (Wildman–Crippen MR) is 101 cm³/mol. The van der Waals surface area contributed by atoms with Gasteiger partial charge in [0.2, 0.25) is 5.91 Å². The van der Waals surface area contributed by atoms with E-state index in [1.54, 1.807) is 43.0 Å². The van der Waals surface area contributed by atoms with Gasteiger partial charge in [-0.05, 0) is 31.9 Å². The lowest BCUT2D eigenvalue weighted by Crippen LogP contribution is -2.42. The molecule has 0 spiro atoms. The molecule has 1 aromatic carbocycles. The van der Waals surface area contributed by atoms with Crippen LogP contribution in [0.1, 0.15) is 49.0 Å². The number of carbonyl (C=O) groups excluding carboxylic acids is 3. The van der Waals surface area contributed by atoms with Crippen molar-refractivity contribution in [2.24, 2.45) is 5.92 Å². The lowest BCUT2D eigenvalue weighted by Gasteiger charge is -2.32. The van der Waals surface area contributed by atoms with Gasteiger partial charge in [-0.3, -0.25) is 9.59 Å². The van der Waals surface area contributed by atoms with Gasteiger partial charge in [0.15, 0.2) is 5.78 Å². The Hall–Kier alpha value is -2.72. The molecule has 7 nitrogen and oxygen atoms in total. The molecule has 1 fully saturated rings. The van der Waals surface area contributed by atoms with Gasteiger partial charge in [-0.15, -0.1) is 0 Å². The molecule has 0 saturated carbocycles. The molecule has 1 aromatic rings. The zero-order chi connectivity index (χ0) is 20.5. The molecule has 0 aromatic heterocycles. The highest BCUT2D eigenvalue weighted by Crippen LogP contribution is 2.18. The van der Waals surface area contributed by atoms with E-state index in [0.717, 1.165) is 0 Å². The van der Waals surface area contributed by atoms with E-state index in [0.29, 0.717) is 43.7 Å². The average molecular weight is 386 g/mol. The smallest absolute Gasteiger partial charge is 0.332 e. The van der Waals surface area contributed by atoms with Crippen molar-refractivity contribution in [2.75, 3.05) is 26.3 Å². The predicted octanol–water partition coefficient (Wildman–Crippen LogP) is 2.34. The van der Waals surface area contributed by atoms with Crippen molar-refractivity contribution in [3.63, 3.8) is 0 Å². The third kappa shape index (κ3) is 6.17. The fourth-order valence-electron chi connectivity index (χ4n) is 3.14. The van der Waals surface area contributed by atoms with Crippen LogP contribution in [0.4, 0.5) is 0 Å². The Morgan fingerprint density at radius 2 is 1.86 bits per heavy atom. The minimum Gasteiger partial charge on any atom is -0.464 e. The summed E-state index contributed by atoms with van der Waals surface area (Å²) in [7, 11) is 0. The first-order valence-corrected chi connectivity index (χ1v) is 9.54. The van der Waals surface area contributed by atoms with Crippen molar-refractivity contribution in [3.05, 3.63) is 35.4 Å². The number of benzene rings is 1. The standard InChI is InChI=1S/C21H26N2O5/c1-3-27-20(25)14-28-18-8-10-23(11-9-18)19(24)12-15(2)21(26)17-6-4-16(13-22)5-7-17/h4-7,15,18H,3,8-12,14H2,1-2H3. The molecule has 150 valence electrons. The fraction of sp³-hybridized carbons (Fsp3) is 0.524. The SMILES string of the molecule is CCOC(=O)COC1CCN(C(=O)CC(C)C(=O)c2ccc(C#N)cc2)CC1. The first-order chi connectivity index (χ1) is 13.4. The van der Waals surface area contributed by atoms with Crippen LogP contribution < -0.4 is 0 Å². The van der Waals surface area contributed by atoms with Crippen molar-refractivity contribution in [1.29, 1.82) is 5.26 Å². The van der Waals surface area contributed by atoms with Gasteiger partial charge in [0.1, 0.15) is 6.61 Å². The van der Waals surface area contributed by atoms with E-state index < -0.39 is 5.92 Å². The zero-order valence-electron chi connectivity index (χ0n) is 16.3. The summed E-state index contributed by atoms with van der Waals surface area (Å²) >= 11 is 0. The van der Waals surface area contributed by atoms with Crippen molar-refractivity contribution in [2.45, 2.75) is 39.2 Å². The van der Waals surface area contributed by atoms with Crippen molar-refractivity contribution >= 4 is 17.7 Å². The molecule has 0 radical (unpaired) electrons. The average Bonchev–Trinajstić information content (AvgIpc) is 2.72. The summed E-state index contributed by atoms with van der Waals surface area (Å²) in [4.78, 5) is 38.1. The second-order valence-corrected chi connectivity index (χ2v) is 6.85. The number of nitrogens with zero attached hydrogens (tertiary/aromatic N) is 2. The second-order valence-electron chi connectivity index (χ2n) is 6.85. The fourth-order valence-corrected chi connectivity index (χ4v) is 3.14. The van der Waals surface area contributed by atoms with Crippen LogP contribution in [0.2, 0.25) is 0 Å². The molecule has 0 aliphatic carbocycles. The molecule has 1 heterocycles. The Kier molecular flexibility index (Phi) is 8.15. The number of nitriles is 1. The largest absolute Gasteiger partial charge is 0.464 e. The lowest BCUT2D eigenvalue weighted by molar-refractivity contribution is -0.152. The molecule has 2 rings (SSSR count). The van der Waals surface area contributed by atoms with Crippen LogP contribution in [-0.4, -0.2) is 55.0 Å². The van der Waals surface area contributed by atoms with Crippen LogP contribution in [0, 0.1) is 17.2 Å². The molecule has 0 bridgehead atoms. The molecule has 28 heavy (non-hydrogen) atoms. The van der Waals surface area contributed by atoms with Crippen molar-refractivity contribution < 1.29 is 23.9 Å². The third-order valence-corrected chi connectivity index (χ3v) is 4.76. The molecule has 1 aliphatic heterocycles. The summed E-state index contributed by atoms with van der Waals surface area (Å²) < 4.78 is 10.4. The molecular weight excluding hydrogens is 360 g/mol. The number of hydrogen-bond acceptors (Lipinski definition) is 6. The summed E-state index contributed by atoms with van der Waals surface area (Å²) in [6.45, 7) is 4.84. The normalized spacial score (nSPS) is 15.5. The van der Waals surface area contributed by atoms with E-state index in [2.05, 4.69) is 0 Å². The van der Waals surface area contributed by atoms with Gasteiger partial charge >= 0.3 is 5.97 Å². The number of esters is 1. The van der Waals surface area contributed by atoms with Gasteiger partial charge in [0.05, 0.1) is 24.3 Å². The second kappa shape index (κ2) is 10.6. The summed E-state index contributed by atoms with van der Waals surface area (Å²) in [5.41, 5.74) is 0.999. The number of hydrogen-bond donors (Lipinski definition) is 0. The molecule has 1 saturated heterocycles. The van der Waals surface area contributed by atoms with Crippen molar-refractivity contribution in [1.82, 2.24) is 4.90 Å². The maximum atomic E-state index is 12.5. The summed E-state index contributed by atoms with van der Waals surface area (Å²) in [5.74, 6) is -0.974. The Bertz CT molecular complexity index is 730. The minimum absolute atomic E-state index is 0.0571. The monoisotopic (exact) mass is 386 g/mol. The summed E-state index contributed by atoms with van der Waals surface area (Å²) in [5, 5.41) is 8.83. The van der Waals surface area contributed by atoms with E-state index in [-0.39, 0.29) is 36.8 Å². The molecular formula is C21H26N2O5. The number of ketones is 1. The third-order valence-electron chi connectivity index (χ3n) is 4.76. The van der Waals surface area contributed by atoms with E-state index in [9.17, 15) is 14.4 Å². The zero-order valence-corrected chi connectivity index (χ0v) is 16.3. The molecule has 1 atom stereocenters. The highest BCUT2D eigenvalue weighted by molar-refractivity contribution is 5.99. The molecule has 7 heteroatoms. The van der Waals surface area contributed by atoms with Gasteiger partial charge in [-0.2, -0.15) is 5.26 Å².